The maximum Gasteiger partial charge on any atom is 0.407 e. The molecule has 3 rings (SSSR count). The molecule has 0 aliphatic carbocycles. The quantitative estimate of drug-likeness (QED) is 0.181. The van der Waals surface area contributed by atoms with Gasteiger partial charge in [-0.25, -0.2) is 4.79 Å². The predicted octanol–water partition coefficient (Wildman–Crippen LogP) is 4.11. The number of hydrogen-bond acceptors (Lipinski definition) is 7. The molecule has 0 unspecified atom stereocenters. The number of nitrogens with one attached hydrogen (secondary N) is 2. The molecule has 0 aliphatic rings. The van der Waals surface area contributed by atoms with E-state index in [9.17, 15) is 24.9 Å². The van der Waals surface area contributed by atoms with Crippen molar-refractivity contribution in [3.05, 3.63) is 108 Å². The molecular formula is C39H50N3O6-. The minimum atomic E-state index is -1.44. The van der Waals surface area contributed by atoms with Gasteiger partial charge in [-0.2, -0.15) is 0 Å². The molecule has 0 aliphatic heterocycles. The Kier molecular flexibility index (Phi) is 14.5. The van der Waals surface area contributed by atoms with Gasteiger partial charge in [-0.3, -0.25) is 0 Å². The van der Waals surface area contributed by atoms with Crippen molar-refractivity contribution in [3.63, 3.8) is 0 Å². The van der Waals surface area contributed by atoms with Crippen LogP contribution in [0.15, 0.2) is 91.0 Å². The third-order valence-electron chi connectivity index (χ3n) is 7.81. The van der Waals surface area contributed by atoms with Crippen LogP contribution < -0.4 is 15.7 Å². The van der Waals surface area contributed by atoms with Gasteiger partial charge in [-0.1, -0.05) is 96.9 Å². The van der Waals surface area contributed by atoms with E-state index in [1.807, 2.05) is 91.0 Å². The second-order valence-electron chi connectivity index (χ2n) is 13.5. The molecule has 0 bridgehead atoms. The Balaban J connectivity index is 1.75. The summed E-state index contributed by atoms with van der Waals surface area (Å²) in [7, 11) is 0. The molecule has 48 heavy (non-hydrogen) atoms. The molecule has 0 spiro atoms. The van der Waals surface area contributed by atoms with E-state index in [0.29, 0.717) is 12.8 Å². The Hall–Kier alpha value is -4.36. The van der Waals surface area contributed by atoms with Gasteiger partial charge >= 0.3 is 6.09 Å². The number of aryl methyl sites for hydroxylation is 1. The summed E-state index contributed by atoms with van der Waals surface area (Å²) in [5.74, 6) is 6.24. The van der Waals surface area contributed by atoms with Crippen LogP contribution in [0.1, 0.15) is 57.7 Å². The highest BCUT2D eigenvalue weighted by Gasteiger charge is 2.36. The van der Waals surface area contributed by atoms with Crippen LogP contribution in [0.2, 0.25) is 0 Å². The predicted molar refractivity (Wildman–Crippen MR) is 186 cm³/mol. The van der Waals surface area contributed by atoms with Crippen molar-refractivity contribution < 1.29 is 29.6 Å². The van der Waals surface area contributed by atoms with Gasteiger partial charge in [0.15, 0.2) is 0 Å². The molecule has 4 N–H and O–H groups in total. The van der Waals surface area contributed by atoms with Crippen molar-refractivity contribution in [2.24, 2.45) is 0 Å². The number of aliphatic hydroxyl groups is 2. The van der Waals surface area contributed by atoms with Gasteiger partial charge in [0.2, 0.25) is 0 Å². The van der Waals surface area contributed by atoms with E-state index >= 15 is 0 Å². The van der Waals surface area contributed by atoms with Crippen LogP contribution in [0.25, 0.3) is 0 Å². The largest absolute Gasteiger partial charge is 0.530 e. The van der Waals surface area contributed by atoms with E-state index in [4.69, 9.17) is 4.74 Å². The van der Waals surface area contributed by atoms with Crippen molar-refractivity contribution in [2.45, 2.75) is 95.7 Å². The number of hydrogen-bond donors (Lipinski definition) is 4. The minimum absolute atomic E-state index is 0.0103. The molecule has 2 amide bonds. The molecule has 0 aromatic heterocycles. The SMILES string of the molecule is CC(C)(C)OC(=O)N[C@@H](Cc1ccccc1)[C@H](O)CNC[C@@H](O)[C@H](Cc1ccccc1)N(C(=O)[O-])C(C)(C)C#CCCc1ccccc1. The number of ether oxygens (including phenoxy) is 1. The fraction of sp³-hybridized carbons (Fsp3) is 0.436. The molecule has 9 heteroatoms. The zero-order chi connectivity index (χ0) is 35.2. The summed E-state index contributed by atoms with van der Waals surface area (Å²) in [6.45, 7) is 8.66. The van der Waals surface area contributed by atoms with Crippen LogP contribution in [0.5, 0.6) is 0 Å². The van der Waals surface area contributed by atoms with Crippen molar-refractivity contribution in [3.8, 4) is 11.8 Å². The van der Waals surface area contributed by atoms with Crippen molar-refractivity contribution >= 4 is 12.2 Å². The molecule has 3 aromatic carbocycles. The molecular weight excluding hydrogens is 606 g/mol. The average molecular weight is 657 g/mol. The summed E-state index contributed by atoms with van der Waals surface area (Å²) >= 11 is 0. The molecule has 9 nitrogen and oxygen atoms in total. The molecule has 0 saturated heterocycles. The van der Waals surface area contributed by atoms with E-state index in [2.05, 4.69) is 22.5 Å². The number of benzene rings is 3. The zero-order valence-corrected chi connectivity index (χ0v) is 28.7. The lowest BCUT2D eigenvalue weighted by Gasteiger charge is -2.45. The van der Waals surface area contributed by atoms with Gasteiger partial charge in [0.05, 0.1) is 29.8 Å². The van der Waals surface area contributed by atoms with Crippen molar-refractivity contribution in [1.29, 1.82) is 0 Å². The Morgan fingerprint density at radius 2 is 1.29 bits per heavy atom. The number of aliphatic hydroxyl groups excluding tert-OH is 2. The molecule has 258 valence electrons. The smallest absolute Gasteiger partial charge is 0.407 e. The number of rotatable bonds is 15. The van der Waals surface area contributed by atoms with Crippen LogP contribution in [0.3, 0.4) is 0 Å². The van der Waals surface area contributed by atoms with Gasteiger partial charge in [0.1, 0.15) is 11.7 Å². The first-order chi connectivity index (χ1) is 22.7. The summed E-state index contributed by atoms with van der Waals surface area (Å²) in [5, 5.41) is 41.3. The van der Waals surface area contributed by atoms with Gasteiger partial charge in [0, 0.05) is 19.5 Å². The Morgan fingerprint density at radius 3 is 1.81 bits per heavy atom. The van der Waals surface area contributed by atoms with E-state index in [-0.39, 0.29) is 19.5 Å². The minimum Gasteiger partial charge on any atom is -0.530 e. The number of carboxylic acid groups (broad SMARTS) is 1. The summed E-state index contributed by atoms with van der Waals surface area (Å²) in [4.78, 5) is 26.5. The van der Waals surface area contributed by atoms with E-state index < -0.39 is 47.6 Å². The standard InChI is InChI=1S/C39H51N3O6/c1-38(2,3)48-36(45)41-32(25-30-20-11-7-12-21-30)34(43)27-40-28-35(44)33(26-31-22-13-8-14-23-31)42(37(46)47)39(4,5)24-16-15-19-29-17-9-6-10-18-29/h6-14,17-18,20-23,32-35,40,43-44H,15,19,25-28H2,1-5H3,(H,41,45)(H,46,47)/p-1/t32-,33-,34+,35+/m0/s1. The van der Waals surface area contributed by atoms with E-state index in [1.165, 1.54) is 0 Å². The third kappa shape index (κ3) is 13.0. The zero-order valence-electron chi connectivity index (χ0n) is 28.7. The fourth-order valence-corrected chi connectivity index (χ4v) is 5.49. The van der Waals surface area contributed by atoms with Crippen LogP contribution in [0.4, 0.5) is 9.59 Å². The van der Waals surface area contributed by atoms with E-state index in [0.717, 1.165) is 28.0 Å². The molecule has 0 fully saturated rings. The lowest BCUT2D eigenvalue weighted by Crippen LogP contribution is -2.62. The Labute approximate surface area is 285 Å². The maximum atomic E-state index is 12.7. The van der Waals surface area contributed by atoms with Crippen LogP contribution in [-0.4, -0.2) is 75.8 Å². The average Bonchev–Trinajstić information content (AvgIpc) is 3.02. The highest BCUT2D eigenvalue weighted by Crippen LogP contribution is 2.23. The Bertz CT molecular complexity index is 1470. The second-order valence-corrected chi connectivity index (χ2v) is 13.5. The van der Waals surface area contributed by atoms with Crippen molar-refractivity contribution in [2.75, 3.05) is 13.1 Å². The number of carbonyl (C=O) groups is 2. The van der Waals surface area contributed by atoms with Gasteiger partial charge in [0.25, 0.3) is 0 Å². The first-order valence-electron chi connectivity index (χ1n) is 16.4. The third-order valence-corrected chi connectivity index (χ3v) is 7.81. The lowest BCUT2D eigenvalue weighted by atomic mass is 9.93. The van der Waals surface area contributed by atoms with Gasteiger partial charge < -0.3 is 40.4 Å². The highest BCUT2D eigenvalue weighted by atomic mass is 16.6. The lowest BCUT2D eigenvalue weighted by molar-refractivity contribution is -0.274. The normalized spacial score (nSPS) is 14.1. The van der Waals surface area contributed by atoms with Crippen LogP contribution in [-0.2, 0) is 24.0 Å². The maximum absolute atomic E-state index is 12.7. The topological polar surface area (TPSA) is 134 Å². The van der Waals surface area contributed by atoms with Crippen LogP contribution in [0, 0.1) is 11.8 Å². The molecule has 4 atom stereocenters. The Morgan fingerprint density at radius 1 is 0.792 bits per heavy atom. The number of amides is 2. The summed E-state index contributed by atoms with van der Waals surface area (Å²) < 4.78 is 5.43. The molecule has 0 radical (unpaired) electrons. The summed E-state index contributed by atoms with van der Waals surface area (Å²) in [5.41, 5.74) is 1.00. The number of carbonyl (C=O) groups excluding carboxylic acids is 2. The van der Waals surface area contributed by atoms with Crippen LogP contribution >= 0.6 is 0 Å². The first-order valence-corrected chi connectivity index (χ1v) is 16.4. The first kappa shape index (κ1) is 38.1. The van der Waals surface area contributed by atoms with E-state index in [1.54, 1.807) is 34.6 Å². The highest BCUT2D eigenvalue weighted by molar-refractivity contribution is 5.68. The molecule has 0 heterocycles. The second kappa shape index (κ2) is 18.3. The molecule has 0 saturated carbocycles. The number of nitrogens with zero attached hydrogens (tertiary/aromatic N) is 1. The molecule has 3 aromatic rings. The summed E-state index contributed by atoms with van der Waals surface area (Å²) in [6, 6.07) is 27.1. The monoisotopic (exact) mass is 656 g/mol. The van der Waals surface area contributed by atoms with Gasteiger partial charge in [-0.15, -0.1) is 5.92 Å². The van der Waals surface area contributed by atoms with Gasteiger partial charge in [-0.05, 0) is 70.6 Å². The fourth-order valence-electron chi connectivity index (χ4n) is 5.49. The van der Waals surface area contributed by atoms with Crippen molar-refractivity contribution in [1.82, 2.24) is 15.5 Å². The summed E-state index contributed by atoms with van der Waals surface area (Å²) in [6.07, 6.45) is -2.51. The number of alkyl carbamates (subject to hydrolysis) is 1.